The Balaban J connectivity index is 1.73. The molecule has 3 aromatic rings. The third-order valence-corrected chi connectivity index (χ3v) is 8.26. The van der Waals surface area contributed by atoms with E-state index >= 15 is 0 Å². The number of aryl methyl sites for hydroxylation is 1. The first-order valence-electron chi connectivity index (χ1n) is 11.6. The summed E-state index contributed by atoms with van der Waals surface area (Å²) in [4.78, 5) is 4.12. The summed E-state index contributed by atoms with van der Waals surface area (Å²) in [5, 5.41) is 20.2. The fraction of sp³-hybridized carbons (Fsp3) is 0.333. The molecule has 5 rings (SSSR count). The van der Waals surface area contributed by atoms with Crippen LogP contribution in [0.3, 0.4) is 0 Å². The molecule has 0 saturated heterocycles. The molecule has 0 bridgehead atoms. The van der Waals surface area contributed by atoms with Gasteiger partial charge in [0.05, 0.1) is 11.6 Å². The number of aromatic nitrogens is 1. The maximum atomic E-state index is 14.9. The van der Waals surface area contributed by atoms with Crippen molar-refractivity contribution in [1.82, 2.24) is 4.98 Å². The van der Waals surface area contributed by atoms with E-state index in [2.05, 4.69) is 4.98 Å². The number of sulfone groups is 1. The molecular formula is C27H22F4N2O3S. The van der Waals surface area contributed by atoms with Crippen LogP contribution in [0.15, 0.2) is 41.4 Å². The minimum absolute atomic E-state index is 0.0101. The summed E-state index contributed by atoms with van der Waals surface area (Å²) in [6.07, 6.45) is -3.14. The molecule has 1 aromatic heterocycles. The van der Waals surface area contributed by atoms with Crippen LogP contribution in [-0.4, -0.2) is 30.7 Å². The fourth-order valence-electron chi connectivity index (χ4n) is 5.63. The van der Waals surface area contributed by atoms with E-state index in [0.29, 0.717) is 11.1 Å². The average molecular weight is 531 g/mol. The first kappa shape index (κ1) is 25.4. The van der Waals surface area contributed by atoms with Crippen molar-refractivity contribution in [2.24, 2.45) is 0 Å². The molecule has 10 heteroatoms. The number of halogens is 4. The number of aliphatic hydroxyl groups excluding tert-OH is 1. The quantitative estimate of drug-likeness (QED) is 0.443. The Labute approximate surface area is 211 Å². The molecule has 0 fully saturated rings. The highest BCUT2D eigenvalue weighted by Gasteiger charge is 2.50. The van der Waals surface area contributed by atoms with Gasteiger partial charge in [0.2, 0.25) is 0 Å². The monoisotopic (exact) mass is 530 g/mol. The molecule has 5 nitrogen and oxygen atoms in total. The minimum Gasteiger partial charge on any atom is -0.382 e. The van der Waals surface area contributed by atoms with E-state index in [9.17, 15) is 36.3 Å². The third-order valence-electron chi connectivity index (χ3n) is 7.28. The number of alkyl halides is 3. The Morgan fingerprint density at radius 2 is 1.78 bits per heavy atom. The van der Waals surface area contributed by atoms with Crippen LogP contribution in [-0.2, 0) is 16.3 Å². The van der Waals surface area contributed by atoms with Crippen LogP contribution in [0.1, 0.15) is 70.1 Å². The summed E-state index contributed by atoms with van der Waals surface area (Å²) in [5.41, 5.74) is 1.81. The molecule has 3 atom stereocenters. The first-order chi connectivity index (χ1) is 17.3. The van der Waals surface area contributed by atoms with Crippen molar-refractivity contribution < 1.29 is 31.1 Å². The lowest BCUT2D eigenvalue weighted by molar-refractivity contribution is -0.0966. The molecule has 192 valence electrons. The van der Waals surface area contributed by atoms with Crippen LogP contribution in [0.2, 0.25) is 0 Å². The van der Waals surface area contributed by atoms with Crippen molar-refractivity contribution in [1.29, 1.82) is 5.26 Å². The van der Waals surface area contributed by atoms with Crippen molar-refractivity contribution in [2.45, 2.75) is 55.3 Å². The molecule has 0 radical (unpaired) electrons. The third kappa shape index (κ3) is 4.10. The molecule has 0 saturated carbocycles. The summed E-state index contributed by atoms with van der Waals surface area (Å²) in [6.45, 7) is 1.55. The molecule has 0 amide bonds. The second-order valence-electron chi connectivity index (χ2n) is 9.66. The van der Waals surface area contributed by atoms with E-state index < -0.39 is 46.2 Å². The van der Waals surface area contributed by atoms with Gasteiger partial charge < -0.3 is 5.11 Å². The van der Waals surface area contributed by atoms with Crippen LogP contribution < -0.4 is 0 Å². The second kappa shape index (κ2) is 8.64. The van der Waals surface area contributed by atoms with E-state index in [4.69, 9.17) is 0 Å². The average Bonchev–Trinajstić information content (AvgIpc) is 3.07. The summed E-state index contributed by atoms with van der Waals surface area (Å²) in [5.74, 6) is -4.88. The summed E-state index contributed by atoms with van der Waals surface area (Å²) in [7, 11) is -3.59. The molecule has 0 spiro atoms. The predicted molar refractivity (Wildman–Crippen MR) is 127 cm³/mol. The van der Waals surface area contributed by atoms with E-state index in [1.165, 1.54) is 12.1 Å². The first-order valence-corrected chi connectivity index (χ1v) is 13.5. The van der Waals surface area contributed by atoms with Gasteiger partial charge in [0.25, 0.3) is 5.92 Å². The Kier molecular flexibility index (Phi) is 5.92. The normalized spacial score (nSPS) is 22.3. The van der Waals surface area contributed by atoms with Gasteiger partial charge in [-0.3, -0.25) is 0 Å². The topological polar surface area (TPSA) is 91.0 Å². The Morgan fingerprint density at radius 1 is 1.08 bits per heavy atom. The molecule has 1 heterocycles. The number of rotatable bonds is 3. The fourth-order valence-corrected chi connectivity index (χ4v) is 6.25. The summed E-state index contributed by atoms with van der Waals surface area (Å²) < 4.78 is 82.6. The van der Waals surface area contributed by atoms with Crippen molar-refractivity contribution in [3.05, 3.63) is 81.3 Å². The van der Waals surface area contributed by atoms with Gasteiger partial charge in [0, 0.05) is 29.9 Å². The number of hydrogen-bond acceptors (Lipinski definition) is 5. The van der Waals surface area contributed by atoms with Crippen molar-refractivity contribution in [3.63, 3.8) is 0 Å². The SMILES string of the molecule is Cc1nc(S(C)(=O)=O)ccc1-c1ccc([C@H]2CC[C@H](F)c3cc(F)cc(C#N)c32)c2c1[C@H](O)C(F)(F)C2. The van der Waals surface area contributed by atoms with Crippen LogP contribution in [0.25, 0.3) is 11.1 Å². The van der Waals surface area contributed by atoms with E-state index in [1.807, 2.05) is 6.07 Å². The van der Waals surface area contributed by atoms with Crippen molar-refractivity contribution >= 4 is 9.84 Å². The van der Waals surface area contributed by atoms with Gasteiger partial charge in [0.15, 0.2) is 14.9 Å². The lowest BCUT2D eigenvalue weighted by Gasteiger charge is -2.31. The molecular weight excluding hydrogens is 508 g/mol. The second-order valence-corrected chi connectivity index (χ2v) is 11.6. The number of aliphatic hydroxyl groups is 1. The van der Waals surface area contributed by atoms with Gasteiger partial charge in [-0.05, 0) is 77.4 Å². The van der Waals surface area contributed by atoms with E-state index in [0.717, 1.165) is 18.4 Å². The van der Waals surface area contributed by atoms with Gasteiger partial charge in [0.1, 0.15) is 18.1 Å². The smallest absolute Gasteiger partial charge is 0.281 e. The summed E-state index contributed by atoms with van der Waals surface area (Å²) in [6, 6.07) is 9.89. The minimum atomic E-state index is -3.59. The number of nitriles is 1. The zero-order valence-corrected chi connectivity index (χ0v) is 20.7. The number of fused-ring (bicyclic) bond motifs is 2. The van der Waals surface area contributed by atoms with Crippen LogP contribution in [0.5, 0.6) is 0 Å². The van der Waals surface area contributed by atoms with Crippen molar-refractivity contribution in [3.8, 4) is 17.2 Å². The number of benzene rings is 2. The van der Waals surface area contributed by atoms with Gasteiger partial charge >= 0.3 is 0 Å². The Hall–Kier alpha value is -3.29. The number of pyridine rings is 1. The molecule has 2 aromatic carbocycles. The van der Waals surface area contributed by atoms with Crippen LogP contribution >= 0.6 is 0 Å². The summed E-state index contributed by atoms with van der Waals surface area (Å²) >= 11 is 0. The largest absolute Gasteiger partial charge is 0.382 e. The predicted octanol–water partition coefficient (Wildman–Crippen LogP) is 5.63. The zero-order valence-electron chi connectivity index (χ0n) is 19.9. The number of hydrogen-bond donors (Lipinski definition) is 1. The Bertz CT molecular complexity index is 1600. The molecule has 2 aliphatic carbocycles. The van der Waals surface area contributed by atoms with Crippen LogP contribution in [0, 0.1) is 24.1 Å². The molecule has 0 aliphatic heterocycles. The maximum Gasteiger partial charge on any atom is 0.281 e. The van der Waals surface area contributed by atoms with Crippen LogP contribution in [0.4, 0.5) is 17.6 Å². The standard InChI is InChI=1S/C27H22F4N2O3S/c1-13-16(6-8-23(33-13)37(2,35)36)18-4-3-17(21-11-27(30,31)26(34)25(18)21)19-5-7-22(29)20-10-15(28)9-14(12-32)24(19)20/h3-4,6,8-10,19,22,26,34H,5,7,11H2,1-2H3/t19-,22+,26+/m1/s1. The van der Waals surface area contributed by atoms with Gasteiger partial charge in [-0.25, -0.2) is 31.0 Å². The molecule has 0 unspecified atom stereocenters. The lowest BCUT2D eigenvalue weighted by atomic mass is 9.74. The van der Waals surface area contributed by atoms with Crippen molar-refractivity contribution in [2.75, 3.05) is 6.26 Å². The maximum absolute atomic E-state index is 14.9. The highest BCUT2D eigenvalue weighted by molar-refractivity contribution is 7.90. The Morgan fingerprint density at radius 3 is 2.43 bits per heavy atom. The number of nitrogens with zero attached hydrogens (tertiary/aromatic N) is 2. The molecule has 1 N–H and O–H groups in total. The highest BCUT2D eigenvalue weighted by atomic mass is 32.2. The van der Waals surface area contributed by atoms with E-state index in [1.54, 1.807) is 19.1 Å². The highest BCUT2D eigenvalue weighted by Crippen LogP contribution is 2.53. The van der Waals surface area contributed by atoms with Gasteiger partial charge in [-0.1, -0.05) is 12.1 Å². The van der Waals surface area contributed by atoms with Gasteiger partial charge in [-0.15, -0.1) is 0 Å². The van der Waals surface area contributed by atoms with Gasteiger partial charge in [-0.2, -0.15) is 5.26 Å². The lowest BCUT2D eigenvalue weighted by Crippen LogP contribution is -2.22. The van der Waals surface area contributed by atoms with E-state index in [-0.39, 0.29) is 56.9 Å². The molecule has 37 heavy (non-hydrogen) atoms. The molecule has 2 aliphatic rings. The zero-order chi connectivity index (χ0) is 26.9.